The van der Waals surface area contributed by atoms with Crippen molar-refractivity contribution >= 4 is 29.2 Å². The summed E-state index contributed by atoms with van der Waals surface area (Å²) in [4.78, 5) is 26.2. The van der Waals surface area contributed by atoms with E-state index >= 15 is 0 Å². The Hall–Kier alpha value is -2.82. The number of esters is 2. The predicted octanol–water partition coefficient (Wildman–Crippen LogP) is 7.25. The molecule has 0 saturated heterocycles. The molecule has 2 aliphatic rings. The maximum Gasteiger partial charge on any atom is 0.314 e. The monoisotopic (exact) mass is 644 g/mol. The van der Waals surface area contributed by atoms with Crippen molar-refractivity contribution in [3.63, 3.8) is 0 Å². The predicted molar refractivity (Wildman–Crippen MR) is 178 cm³/mol. The van der Waals surface area contributed by atoms with E-state index in [1.165, 1.54) is 31.0 Å². The van der Waals surface area contributed by atoms with Crippen LogP contribution in [0.25, 0.3) is 5.57 Å². The lowest BCUT2D eigenvalue weighted by Crippen LogP contribution is -2.58. The van der Waals surface area contributed by atoms with E-state index in [-0.39, 0.29) is 36.4 Å². The molecule has 1 saturated carbocycles. The molecule has 2 heterocycles. The first-order chi connectivity index (χ1) is 21.7. The second kappa shape index (κ2) is 19.0. The van der Waals surface area contributed by atoms with E-state index in [1.807, 2.05) is 18.2 Å². The number of carbonyl (C=O) groups excluding carboxylic acids is 2. The van der Waals surface area contributed by atoms with Crippen LogP contribution in [-0.4, -0.2) is 72.4 Å². The van der Waals surface area contributed by atoms with Crippen LogP contribution in [0.15, 0.2) is 30.3 Å². The quantitative estimate of drug-likeness (QED) is 0.0919. The van der Waals surface area contributed by atoms with E-state index in [4.69, 9.17) is 14.2 Å². The molecular weight excluding hydrogens is 590 g/mol. The molecule has 2 aromatic rings. The maximum atomic E-state index is 13.4. The summed E-state index contributed by atoms with van der Waals surface area (Å²) in [7, 11) is 5.40. The molecular formula is C35H54N3O6S+. The number of methoxy groups -OCH3 is 1. The Balaban J connectivity index is 0.00000177. The Morgan fingerprint density at radius 1 is 1.04 bits per heavy atom. The summed E-state index contributed by atoms with van der Waals surface area (Å²) in [5.74, 6) is 0.579. The molecule has 0 N–H and O–H groups in total. The van der Waals surface area contributed by atoms with Crippen molar-refractivity contribution in [2.45, 2.75) is 97.6 Å². The number of aromatic nitrogens is 2. The van der Waals surface area contributed by atoms with E-state index in [2.05, 4.69) is 47.4 Å². The second-order valence-electron chi connectivity index (χ2n) is 12.8. The molecule has 10 heteroatoms. The number of carbonyl (C=O) groups is 2. The van der Waals surface area contributed by atoms with Crippen LogP contribution in [0.5, 0.6) is 11.6 Å². The summed E-state index contributed by atoms with van der Waals surface area (Å²) >= 11 is 1.18. The minimum absolute atomic E-state index is 0.0477. The van der Waals surface area contributed by atoms with Gasteiger partial charge in [-0.3, -0.25) is 14.1 Å². The lowest BCUT2D eigenvalue weighted by Gasteiger charge is -2.44. The first kappa shape index (κ1) is 36.6. The highest BCUT2D eigenvalue weighted by Crippen LogP contribution is 2.34. The van der Waals surface area contributed by atoms with Crippen molar-refractivity contribution in [3.05, 3.63) is 41.6 Å². The van der Waals surface area contributed by atoms with Crippen molar-refractivity contribution in [2.24, 2.45) is 11.8 Å². The molecule has 1 aromatic carbocycles. The summed E-state index contributed by atoms with van der Waals surface area (Å²) in [5, 5.41) is 0. The zero-order chi connectivity index (χ0) is 32.7. The van der Waals surface area contributed by atoms with Crippen LogP contribution in [0.4, 0.5) is 0 Å². The van der Waals surface area contributed by atoms with Gasteiger partial charge in [-0.15, -0.1) is 4.37 Å². The van der Waals surface area contributed by atoms with Gasteiger partial charge in [0.25, 0.3) is 5.88 Å². The zero-order valence-corrected chi connectivity index (χ0v) is 29.0. The zero-order valence-electron chi connectivity index (χ0n) is 28.2. The standard InChI is InChI=1S/C33H48N3O5S.C2H6O/c1-5-6-7-13-21-39-31-30(34-42-35-31)27-18-14-20-36(4,23-27)32(24(2)3)41-29(37)22-26-17-11-12-19-28(26)40-33(38)25-15-9-8-10-16-25;1-3-2/h11-12,17-19,24-25,32H,5-10,13-16,20-23H2,1-4H3;1-2H3/q+1;. The van der Waals surface area contributed by atoms with Gasteiger partial charge in [0.05, 0.1) is 44.3 Å². The lowest BCUT2D eigenvalue weighted by molar-refractivity contribution is -0.950. The van der Waals surface area contributed by atoms with E-state index in [1.54, 1.807) is 20.3 Å². The van der Waals surface area contributed by atoms with Crippen LogP contribution < -0.4 is 9.47 Å². The van der Waals surface area contributed by atoms with Crippen LogP contribution >= 0.6 is 11.7 Å². The minimum atomic E-state index is -0.344. The molecule has 2 atom stereocenters. The number of benzene rings is 1. The molecule has 0 radical (unpaired) electrons. The highest BCUT2D eigenvalue weighted by Gasteiger charge is 2.41. The Morgan fingerprint density at radius 3 is 2.49 bits per heavy atom. The van der Waals surface area contributed by atoms with Crippen LogP contribution in [0, 0.1) is 11.8 Å². The van der Waals surface area contributed by atoms with Crippen molar-refractivity contribution in [2.75, 3.05) is 41.0 Å². The summed E-state index contributed by atoms with van der Waals surface area (Å²) in [6.07, 6.45) is 12.4. The van der Waals surface area contributed by atoms with Crippen molar-refractivity contribution in [1.82, 2.24) is 8.75 Å². The number of hydrogen-bond donors (Lipinski definition) is 0. The summed E-state index contributed by atoms with van der Waals surface area (Å²) in [6.45, 7) is 8.54. The fraction of sp³-hybridized carbons (Fsp3) is 0.657. The first-order valence-electron chi connectivity index (χ1n) is 16.6. The molecule has 2 unspecified atom stereocenters. The molecule has 1 aliphatic heterocycles. The number of hydrogen-bond acceptors (Lipinski definition) is 9. The molecule has 250 valence electrons. The Bertz CT molecular complexity index is 1230. The van der Waals surface area contributed by atoms with Gasteiger partial charge in [-0.1, -0.05) is 83.6 Å². The summed E-state index contributed by atoms with van der Waals surface area (Å²) < 4.78 is 31.9. The fourth-order valence-corrected chi connectivity index (χ4v) is 6.75. The summed E-state index contributed by atoms with van der Waals surface area (Å²) in [6, 6.07) is 7.30. The van der Waals surface area contributed by atoms with Gasteiger partial charge in [-0.25, -0.2) is 0 Å². The summed E-state index contributed by atoms with van der Waals surface area (Å²) in [5.41, 5.74) is 2.56. The van der Waals surface area contributed by atoms with Crippen LogP contribution in [0.1, 0.15) is 96.2 Å². The average molecular weight is 645 g/mol. The second-order valence-corrected chi connectivity index (χ2v) is 13.3. The average Bonchev–Trinajstić information content (AvgIpc) is 3.50. The molecule has 0 bridgehead atoms. The van der Waals surface area contributed by atoms with E-state index in [9.17, 15) is 9.59 Å². The molecule has 1 fully saturated rings. The van der Waals surface area contributed by atoms with Gasteiger partial charge in [0, 0.05) is 37.7 Å². The highest BCUT2D eigenvalue weighted by molar-refractivity contribution is 6.99. The van der Waals surface area contributed by atoms with Gasteiger partial charge in [-0.05, 0) is 25.3 Å². The molecule has 9 nitrogen and oxygen atoms in total. The normalized spacial score (nSPS) is 19.2. The maximum absolute atomic E-state index is 13.4. The largest absolute Gasteiger partial charge is 0.475 e. The number of para-hydroxylation sites is 1. The molecule has 1 aliphatic carbocycles. The Morgan fingerprint density at radius 2 is 1.78 bits per heavy atom. The van der Waals surface area contributed by atoms with Crippen molar-refractivity contribution in [3.8, 4) is 11.6 Å². The number of rotatable bonds is 14. The lowest BCUT2D eigenvalue weighted by atomic mass is 9.89. The molecule has 0 spiro atoms. The van der Waals surface area contributed by atoms with E-state index < -0.39 is 0 Å². The fourth-order valence-electron chi connectivity index (χ4n) is 6.22. The number of quaternary nitrogens is 1. The van der Waals surface area contributed by atoms with Crippen molar-refractivity contribution < 1.29 is 33.0 Å². The molecule has 1 aromatic heterocycles. The van der Waals surface area contributed by atoms with Gasteiger partial charge < -0.3 is 18.9 Å². The molecule has 0 amide bonds. The van der Waals surface area contributed by atoms with Gasteiger partial charge in [-0.2, -0.15) is 4.37 Å². The van der Waals surface area contributed by atoms with Crippen molar-refractivity contribution in [1.29, 1.82) is 0 Å². The Kier molecular flexibility index (Phi) is 15.5. The topological polar surface area (TPSA) is 96.8 Å². The third-order valence-electron chi connectivity index (χ3n) is 8.45. The first-order valence-corrected chi connectivity index (χ1v) is 17.3. The van der Waals surface area contributed by atoms with E-state index in [0.29, 0.717) is 34.8 Å². The van der Waals surface area contributed by atoms with Gasteiger partial charge >= 0.3 is 11.9 Å². The number of nitrogens with zero attached hydrogens (tertiary/aromatic N) is 3. The number of likely N-dealkylation sites (N-methyl/N-ethyl adjacent to an activating group) is 1. The highest BCUT2D eigenvalue weighted by atomic mass is 32.1. The molecule has 45 heavy (non-hydrogen) atoms. The van der Waals surface area contributed by atoms with Crippen LogP contribution in [-0.2, 0) is 25.5 Å². The van der Waals surface area contributed by atoms with Crippen LogP contribution in [0.2, 0.25) is 0 Å². The SMILES string of the molecule is CCCCCCOc1nsnc1C1=CCC[N+](C)(C(OC(=O)Cc2ccccc2OC(=O)C2CCCCC2)C(C)C)C1.COC. The van der Waals surface area contributed by atoms with E-state index in [0.717, 1.165) is 62.8 Å². The van der Waals surface area contributed by atoms with Gasteiger partial charge in [0.2, 0.25) is 6.23 Å². The third kappa shape index (κ3) is 11.2. The van der Waals surface area contributed by atoms with Gasteiger partial charge in [0.15, 0.2) is 0 Å². The third-order valence-corrected chi connectivity index (χ3v) is 8.97. The Labute approximate surface area is 274 Å². The van der Waals surface area contributed by atoms with Crippen LogP contribution in [0.3, 0.4) is 0 Å². The number of unbranched alkanes of at least 4 members (excludes halogenated alkanes) is 3. The smallest absolute Gasteiger partial charge is 0.314 e. The number of ether oxygens (including phenoxy) is 4. The minimum Gasteiger partial charge on any atom is -0.475 e. The van der Waals surface area contributed by atoms with Gasteiger partial charge in [0.1, 0.15) is 18.0 Å². The molecule has 4 rings (SSSR count).